The van der Waals surface area contributed by atoms with Crippen LogP contribution in [0.1, 0.15) is 55.2 Å². The molecule has 1 amide bonds. The number of aryl methyl sites for hydroxylation is 1. The fraction of sp³-hybridized carbons (Fsp3) is 0.474. The number of benzene rings is 1. The average molecular weight is 327 g/mol. The molecule has 5 heteroatoms. The molecule has 128 valence electrons. The van der Waals surface area contributed by atoms with Crippen molar-refractivity contribution in [2.24, 2.45) is 0 Å². The third-order valence-corrected chi connectivity index (χ3v) is 4.08. The minimum Gasteiger partial charge on any atom is -0.371 e. The summed E-state index contributed by atoms with van der Waals surface area (Å²) in [6.45, 7) is 7.52. The molecule has 1 N–H and O–H groups in total. The first kappa shape index (κ1) is 16.7. The smallest absolute Gasteiger partial charge is 0.259 e. The molecule has 1 aromatic carbocycles. The van der Waals surface area contributed by atoms with Crippen LogP contribution in [-0.4, -0.2) is 21.3 Å². The molecule has 2 heterocycles. The van der Waals surface area contributed by atoms with E-state index in [-0.39, 0.29) is 11.5 Å². The third-order valence-electron chi connectivity index (χ3n) is 4.08. The normalized spacial score (nSPS) is 14.3. The summed E-state index contributed by atoms with van der Waals surface area (Å²) < 4.78 is 7.75. The second-order valence-electron chi connectivity index (χ2n) is 7.24. The van der Waals surface area contributed by atoms with Gasteiger partial charge in [0.15, 0.2) is 0 Å². The second-order valence-corrected chi connectivity index (χ2v) is 7.24. The Hall–Kier alpha value is -2.14. The van der Waals surface area contributed by atoms with Gasteiger partial charge in [-0.15, -0.1) is 0 Å². The van der Waals surface area contributed by atoms with Gasteiger partial charge < -0.3 is 10.1 Å². The van der Waals surface area contributed by atoms with Crippen LogP contribution >= 0.6 is 0 Å². The SMILES string of the molecule is CC(C)(C)OCc1cccc(NC(=O)c2cnn3c2CCCC3)c1. The van der Waals surface area contributed by atoms with Crippen LogP contribution in [0, 0.1) is 0 Å². The number of nitrogens with one attached hydrogen (secondary N) is 1. The lowest BCUT2D eigenvalue weighted by Crippen LogP contribution is -2.19. The van der Waals surface area contributed by atoms with Crippen LogP contribution in [-0.2, 0) is 24.3 Å². The Labute approximate surface area is 143 Å². The van der Waals surface area contributed by atoms with E-state index in [2.05, 4.69) is 10.4 Å². The van der Waals surface area contributed by atoms with Gasteiger partial charge in [-0.1, -0.05) is 12.1 Å². The summed E-state index contributed by atoms with van der Waals surface area (Å²) in [7, 11) is 0. The number of carbonyl (C=O) groups excluding carboxylic acids is 1. The molecule has 1 aromatic heterocycles. The van der Waals surface area contributed by atoms with Crippen molar-refractivity contribution < 1.29 is 9.53 Å². The zero-order valence-electron chi connectivity index (χ0n) is 14.6. The van der Waals surface area contributed by atoms with Crippen molar-refractivity contribution in [2.45, 2.75) is 58.8 Å². The number of hydrogen-bond acceptors (Lipinski definition) is 3. The quantitative estimate of drug-likeness (QED) is 0.929. The predicted octanol–water partition coefficient (Wildman–Crippen LogP) is 3.79. The van der Waals surface area contributed by atoms with Gasteiger partial charge in [0.2, 0.25) is 0 Å². The number of amides is 1. The molecule has 1 aliphatic rings. The molecule has 5 nitrogen and oxygen atoms in total. The molecule has 0 spiro atoms. The Kier molecular flexibility index (Phi) is 4.71. The lowest BCUT2D eigenvalue weighted by atomic mass is 10.1. The Balaban J connectivity index is 1.69. The van der Waals surface area contributed by atoms with E-state index in [1.54, 1.807) is 6.20 Å². The number of fused-ring (bicyclic) bond motifs is 1. The number of hydrogen-bond donors (Lipinski definition) is 1. The van der Waals surface area contributed by atoms with Crippen LogP contribution in [0.4, 0.5) is 5.69 Å². The molecule has 3 rings (SSSR count). The topological polar surface area (TPSA) is 56.1 Å². The molecule has 1 aliphatic heterocycles. The maximum atomic E-state index is 12.6. The first-order chi connectivity index (χ1) is 11.4. The Morgan fingerprint density at radius 3 is 2.96 bits per heavy atom. The molecule has 24 heavy (non-hydrogen) atoms. The third kappa shape index (κ3) is 4.03. The largest absolute Gasteiger partial charge is 0.371 e. The van der Waals surface area contributed by atoms with Crippen LogP contribution in [0.15, 0.2) is 30.5 Å². The maximum Gasteiger partial charge on any atom is 0.259 e. The van der Waals surface area contributed by atoms with E-state index in [0.29, 0.717) is 12.2 Å². The minimum absolute atomic E-state index is 0.0907. The van der Waals surface area contributed by atoms with Gasteiger partial charge in [-0.25, -0.2) is 0 Å². The average Bonchev–Trinajstić information content (AvgIpc) is 2.97. The molecular weight excluding hydrogens is 302 g/mol. The van der Waals surface area contributed by atoms with E-state index in [0.717, 1.165) is 42.8 Å². The van der Waals surface area contributed by atoms with E-state index in [9.17, 15) is 4.79 Å². The Bertz CT molecular complexity index is 728. The van der Waals surface area contributed by atoms with E-state index in [4.69, 9.17) is 4.74 Å². The molecule has 0 atom stereocenters. The minimum atomic E-state index is -0.184. The van der Waals surface area contributed by atoms with Crippen LogP contribution in [0.25, 0.3) is 0 Å². The molecule has 0 aliphatic carbocycles. The number of rotatable bonds is 4. The Morgan fingerprint density at radius 2 is 2.17 bits per heavy atom. The highest BCUT2D eigenvalue weighted by Gasteiger charge is 2.20. The lowest BCUT2D eigenvalue weighted by Gasteiger charge is -2.19. The zero-order valence-corrected chi connectivity index (χ0v) is 14.6. The van der Waals surface area contributed by atoms with Crippen molar-refractivity contribution in [3.63, 3.8) is 0 Å². The summed E-state index contributed by atoms with van der Waals surface area (Å²) in [6, 6.07) is 7.79. The first-order valence-electron chi connectivity index (χ1n) is 8.51. The second kappa shape index (κ2) is 6.77. The summed E-state index contributed by atoms with van der Waals surface area (Å²) in [5.41, 5.74) is 3.37. The molecule has 2 aromatic rings. The van der Waals surface area contributed by atoms with Crippen molar-refractivity contribution in [3.8, 4) is 0 Å². The van der Waals surface area contributed by atoms with Gasteiger partial charge in [0.25, 0.3) is 5.91 Å². The highest BCUT2D eigenvalue weighted by molar-refractivity contribution is 6.05. The van der Waals surface area contributed by atoms with Gasteiger partial charge in [-0.05, 0) is 57.7 Å². The first-order valence-corrected chi connectivity index (χ1v) is 8.51. The van der Waals surface area contributed by atoms with Gasteiger partial charge in [0.1, 0.15) is 0 Å². The number of ether oxygens (including phenoxy) is 1. The van der Waals surface area contributed by atoms with E-state index in [1.807, 2.05) is 49.7 Å². The van der Waals surface area contributed by atoms with Crippen molar-refractivity contribution in [1.29, 1.82) is 0 Å². The summed E-state index contributed by atoms with van der Waals surface area (Å²) >= 11 is 0. The monoisotopic (exact) mass is 327 g/mol. The van der Waals surface area contributed by atoms with Crippen molar-refractivity contribution in [3.05, 3.63) is 47.3 Å². The summed E-state index contributed by atoms with van der Waals surface area (Å²) in [6.07, 6.45) is 4.85. The molecule has 0 bridgehead atoms. The van der Waals surface area contributed by atoms with Gasteiger partial charge in [0, 0.05) is 12.2 Å². The van der Waals surface area contributed by atoms with E-state index in [1.165, 1.54) is 0 Å². The van der Waals surface area contributed by atoms with Gasteiger partial charge >= 0.3 is 0 Å². The van der Waals surface area contributed by atoms with Crippen LogP contribution in [0.5, 0.6) is 0 Å². The highest BCUT2D eigenvalue weighted by Crippen LogP contribution is 2.20. The van der Waals surface area contributed by atoms with Crippen molar-refractivity contribution >= 4 is 11.6 Å². The fourth-order valence-electron chi connectivity index (χ4n) is 2.85. The zero-order chi connectivity index (χ0) is 17.2. The molecule has 0 radical (unpaired) electrons. The van der Waals surface area contributed by atoms with Crippen molar-refractivity contribution in [1.82, 2.24) is 9.78 Å². The predicted molar refractivity (Wildman–Crippen MR) is 94.1 cm³/mol. The molecule has 0 saturated carbocycles. The standard InChI is InChI=1S/C19H25N3O2/c1-19(2,3)24-13-14-7-6-8-15(11-14)21-18(23)16-12-20-22-10-5-4-9-17(16)22/h6-8,11-12H,4-5,9-10,13H2,1-3H3,(H,21,23). The Morgan fingerprint density at radius 1 is 1.33 bits per heavy atom. The molecule has 0 unspecified atom stereocenters. The molecular formula is C19H25N3O2. The molecule has 0 saturated heterocycles. The fourth-order valence-corrected chi connectivity index (χ4v) is 2.85. The highest BCUT2D eigenvalue weighted by atomic mass is 16.5. The van der Waals surface area contributed by atoms with Gasteiger partial charge in [-0.3, -0.25) is 9.48 Å². The molecule has 0 fully saturated rings. The van der Waals surface area contributed by atoms with E-state index < -0.39 is 0 Å². The van der Waals surface area contributed by atoms with Crippen LogP contribution in [0.2, 0.25) is 0 Å². The summed E-state index contributed by atoms with van der Waals surface area (Å²) in [4.78, 5) is 12.6. The number of carbonyl (C=O) groups is 1. The van der Waals surface area contributed by atoms with Gasteiger partial charge in [-0.2, -0.15) is 5.10 Å². The van der Waals surface area contributed by atoms with Gasteiger partial charge in [0.05, 0.1) is 29.7 Å². The number of aromatic nitrogens is 2. The maximum absolute atomic E-state index is 12.6. The van der Waals surface area contributed by atoms with Crippen LogP contribution in [0.3, 0.4) is 0 Å². The summed E-state index contributed by atoms with van der Waals surface area (Å²) in [5.74, 6) is -0.0907. The number of nitrogens with zero attached hydrogens (tertiary/aromatic N) is 2. The number of anilines is 1. The van der Waals surface area contributed by atoms with Crippen LogP contribution < -0.4 is 5.32 Å². The summed E-state index contributed by atoms with van der Waals surface area (Å²) in [5, 5.41) is 7.31. The lowest BCUT2D eigenvalue weighted by molar-refractivity contribution is -0.0149. The van der Waals surface area contributed by atoms with E-state index >= 15 is 0 Å². The van der Waals surface area contributed by atoms with Crippen molar-refractivity contribution in [2.75, 3.05) is 5.32 Å².